The van der Waals surface area contributed by atoms with Gasteiger partial charge in [-0.25, -0.2) is 4.79 Å². The number of fused-ring (bicyclic) bond motifs is 1. The summed E-state index contributed by atoms with van der Waals surface area (Å²) in [6.45, 7) is 1.25. The average molecular weight is 262 g/mol. The van der Waals surface area contributed by atoms with Gasteiger partial charge in [-0.15, -0.1) is 0 Å². The molecule has 0 fully saturated rings. The Hall–Kier alpha value is -2.08. The Labute approximate surface area is 110 Å². The van der Waals surface area contributed by atoms with E-state index in [4.69, 9.17) is 5.73 Å². The van der Waals surface area contributed by atoms with Crippen molar-refractivity contribution in [3.8, 4) is 0 Å². The van der Waals surface area contributed by atoms with E-state index >= 15 is 0 Å². The Morgan fingerprint density at radius 1 is 1.32 bits per heavy atom. The van der Waals surface area contributed by atoms with E-state index in [1.165, 1.54) is 0 Å². The number of nitrogens with one attached hydrogen (secondary N) is 1. The summed E-state index contributed by atoms with van der Waals surface area (Å²) in [5.41, 5.74) is 6.93. The van der Waals surface area contributed by atoms with Gasteiger partial charge in [0.1, 0.15) is 0 Å². The molecule has 1 aromatic heterocycles. The van der Waals surface area contributed by atoms with Gasteiger partial charge in [0.15, 0.2) is 0 Å². The molecule has 1 heterocycles. The molecule has 3 N–H and O–H groups in total. The quantitative estimate of drug-likeness (QED) is 0.783. The van der Waals surface area contributed by atoms with Crippen LogP contribution in [-0.4, -0.2) is 28.1 Å². The van der Waals surface area contributed by atoms with E-state index in [9.17, 15) is 9.59 Å². The van der Waals surface area contributed by atoms with Crippen molar-refractivity contribution in [2.75, 3.05) is 13.1 Å². The van der Waals surface area contributed by atoms with Gasteiger partial charge in [0.2, 0.25) is 5.91 Å². The fourth-order valence-corrected chi connectivity index (χ4v) is 2.09. The highest BCUT2D eigenvalue weighted by atomic mass is 16.2. The van der Waals surface area contributed by atoms with Crippen molar-refractivity contribution in [2.45, 2.75) is 13.0 Å². The first kappa shape index (κ1) is 13.4. The lowest BCUT2D eigenvalue weighted by molar-refractivity contribution is -0.121. The molecule has 0 bridgehead atoms. The van der Waals surface area contributed by atoms with E-state index in [-0.39, 0.29) is 18.0 Å². The van der Waals surface area contributed by atoms with Gasteiger partial charge in [-0.05, 0) is 12.1 Å². The maximum atomic E-state index is 12.1. The zero-order valence-electron chi connectivity index (χ0n) is 10.9. The van der Waals surface area contributed by atoms with E-state index < -0.39 is 0 Å². The van der Waals surface area contributed by atoms with Gasteiger partial charge in [-0.1, -0.05) is 12.1 Å². The van der Waals surface area contributed by atoms with Crippen molar-refractivity contribution in [3.63, 3.8) is 0 Å². The molecular formula is C13H18N4O2. The summed E-state index contributed by atoms with van der Waals surface area (Å²) >= 11 is 0. The summed E-state index contributed by atoms with van der Waals surface area (Å²) in [7, 11) is 1.73. The second kappa shape index (κ2) is 5.71. The van der Waals surface area contributed by atoms with Crippen molar-refractivity contribution in [1.29, 1.82) is 0 Å². The van der Waals surface area contributed by atoms with Crippen LogP contribution >= 0.6 is 0 Å². The predicted octanol–water partition coefficient (Wildman–Crippen LogP) is -0.195. The number of carbonyl (C=O) groups is 1. The lowest BCUT2D eigenvalue weighted by Gasteiger charge is -2.04. The second-order valence-corrected chi connectivity index (χ2v) is 4.37. The van der Waals surface area contributed by atoms with Crippen LogP contribution in [0.1, 0.15) is 6.42 Å². The van der Waals surface area contributed by atoms with Crippen molar-refractivity contribution in [2.24, 2.45) is 12.8 Å². The Balaban J connectivity index is 2.19. The third-order valence-electron chi connectivity index (χ3n) is 3.08. The number of aromatic nitrogens is 2. The van der Waals surface area contributed by atoms with E-state index in [2.05, 4.69) is 5.32 Å². The molecule has 0 atom stereocenters. The van der Waals surface area contributed by atoms with Gasteiger partial charge in [-0.3, -0.25) is 13.9 Å². The topological polar surface area (TPSA) is 82.0 Å². The highest BCUT2D eigenvalue weighted by molar-refractivity contribution is 5.77. The number of rotatable bonds is 5. The molecule has 1 aromatic carbocycles. The summed E-state index contributed by atoms with van der Waals surface area (Å²) in [5, 5.41) is 2.69. The summed E-state index contributed by atoms with van der Waals surface area (Å²) in [4.78, 5) is 23.6. The minimum Gasteiger partial charge on any atom is -0.355 e. The number of hydrogen-bond donors (Lipinski definition) is 2. The molecule has 102 valence electrons. The molecule has 0 aliphatic carbocycles. The normalized spacial score (nSPS) is 10.8. The molecule has 6 heteroatoms. The van der Waals surface area contributed by atoms with Crippen LogP contribution in [0.5, 0.6) is 0 Å². The lowest BCUT2D eigenvalue weighted by atomic mass is 10.3. The fourth-order valence-electron chi connectivity index (χ4n) is 2.09. The molecule has 2 rings (SSSR count). The SMILES string of the molecule is Cn1c(=O)n(CCC(=O)NCCN)c2ccccc21. The largest absolute Gasteiger partial charge is 0.355 e. The number of imidazole rings is 1. The third kappa shape index (κ3) is 2.68. The van der Waals surface area contributed by atoms with Crippen LogP contribution < -0.4 is 16.7 Å². The van der Waals surface area contributed by atoms with Gasteiger partial charge >= 0.3 is 5.69 Å². The predicted molar refractivity (Wildman–Crippen MR) is 73.9 cm³/mol. The first-order valence-corrected chi connectivity index (χ1v) is 6.26. The van der Waals surface area contributed by atoms with Gasteiger partial charge < -0.3 is 11.1 Å². The molecule has 0 radical (unpaired) electrons. The number of aryl methyl sites for hydroxylation is 2. The number of nitrogens with two attached hydrogens (primary N) is 1. The van der Waals surface area contributed by atoms with E-state index in [0.29, 0.717) is 19.6 Å². The molecule has 1 amide bonds. The van der Waals surface area contributed by atoms with Crippen molar-refractivity contribution in [3.05, 3.63) is 34.7 Å². The van der Waals surface area contributed by atoms with Crippen LogP contribution in [0.15, 0.2) is 29.1 Å². The Bertz CT molecular complexity index is 642. The van der Waals surface area contributed by atoms with Crippen molar-refractivity contribution < 1.29 is 4.79 Å². The minimum absolute atomic E-state index is 0.0923. The first-order valence-electron chi connectivity index (χ1n) is 6.26. The Morgan fingerprint density at radius 2 is 2.00 bits per heavy atom. The smallest absolute Gasteiger partial charge is 0.328 e. The standard InChI is InChI=1S/C13H18N4O2/c1-16-10-4-2-3-5-11(10)17(13(16)19)9-6-12(18)15-8-7-14/h2-5H,6-9,14H2,1H3,(H,15,18). The van der Waals surface area contributed by atoms with Crippen LogP contribution in [0.3, 0.4) is 0 Å². The summed E-state index contributed by atoms with van der Waals surface area (Å²) in [6.07, 6.45) is 0.272. The number of nitrogens with zero attached hydrogens (tertiary/aromatic N) is 2. The summed E-state index contributed by atoms with van der Waals surface area (Å²) < 4.78 is 3.21. The van der Waals surface area contributed by atoms with Gasteiger partial charge in [-0.2, -0.15) is 0 Å². The van der Waals surface area contributed by atoms with Crippen LogP contribution in [0.25, 0.3) is 11.0 Å². The molecular weight excluding hydrogens is 244 g/mol. The molecule has 6 nitrogen and oxygen atoms in total. The molecule has 19 heavy (non-hydrogen) atoms. The number of para-hydroxylation sites is 2. The van der Waals surface area contributed by atoms with E-state index in [1.54, 1.807) is 16.2 Å². The van der Waals surface area contributed by atoms with Gasteiger partial charge in [0, 0.05) is 33.1 Å². The minimum atomic E-state index is -0.104. The molecule has 0 aliphatic rings. The number of carbonyl (C=O) groups excluding carboxylic acids is 1. The maximum Gasteiger partial charge on any atom is 0.328 e. The fraction of sp³-hybridized carbons (Fsp3) is 0.385. The lowest BCUT2D eigenvalue weighted by Crippen LogP contribution is -2.31. The van der Waals surface area contributed by atoms with Crippen LogP contribution in [0.4, 0.5) is 0 Å². The monoisotopic (exact) mass is 262 g/mol. The zero-order chi connectivity index (χ0) is 13.8. The molecule has 0 saturated heterocycles. The van der Waals surface area contributed by atoms with Gasteiger partial charge in [0.05, 0.1) is 11.0 Å². The highest BCUT2D eigenvalue weighted by Gasteiger charge is 2.10. The number of amides is 1. The highest BCUT2D eigenvalue weighted by Crippen LogP contribution is 2.11. The van der Waals surface area contributed by atoms with Crippen LogP contribution in [-0.2, 0) is 18.4 Å². The van der Waals surface area contributed by atoms with Crippen LogP contribution in [0.2, 0.25) is 0 Å². The Morgan fingerprint density at radius 3 is 2.68 bits per heavy atom. The number of benzene rings is 1. The first-order chi connectivity index (χ1) is 9.15. The summed E-state index contributed by atoms with van der Waals surface area (Å²) in [6, 6.07) is 7.54. The van der Waals surface area contributed by atoms with E-state index in [1.807, 2.05) is 24.3 Å². The van der Waals surface area contributed by atoms with Crippen LogP contribution in [0, 0.1) is 0 Å². The van der Waals surface area contributed by atoms with Crippen molar-refractivity contribution >= 4 is 16.9 Å². The maximum absolute atomic E-state index is 12.1. The molecule has 0 aliphatic heterocycles. The van der Waals surface area contributed by atoms with Gasteiger partial charge in [0.25, 0.3) is 0 Å². The molecule has 2 aromatic rings. The number of hydrogen-bond acceptors (Lipinski definition) is 3. The molecule has 0 saturated carbocycles. The molecule has 0 unspecified atom stereocenters. The van der Waals surface area contributed by atoms with E-state index in [0.717, 1.165) is 11.0 Å². The Kier molecular flexibility index (Phi) is 4.01. The zero-order valence-corrected chi connectivity index (χ0v) is 10.9. The van der Waals surface area contributed by atoms with Crippen molar-refractivity contribution in [1.82, 2.24) is 14.5 Å². The summed E-state index contributed by atoms with van der Waals surface area (Å²) in [5.74, 6) is -0.0923. The second-order valence-electron chi connectivity index (χ2n) is 4.37. The molecule has 0 spiro atoms. The average Bonchev–Trinajstić information content (AvgIpc) is 2.67. The third-order valence-corrected chi connectivity index (χ3v) is 3.08.